The van der Waals surface area contributed by atoms with Crippen molar-refractivity contribution >= 4 is 23.6 Å². The van der Waals surface area contributed by atoms with Crippen molar-refractivity contribution in [2.45, 2.75) is 30.4 Å². The van der Waals surface area contributed by atoms with E-state index in [1.807, 2.05) is 0 Å². The summed E-state index contributed by atoms with van der Waals surface area (Å²) in [6, 6.07) is 7.72. The van der Waals surface area contributed by atoms with E-state index in [9.17, 15) is 9.59 Å². The van der Waals surface area contributed by atoms with Gasteiger partial charge in [-0.1, -0.05) is 12.1 Å². The molecule has 0 aliphatic carbocycles. The van der Waals surface area contributed by atoms with Crippen molar-refractivity contribution in [2.75, 3.05) is 25.9 Å². The predicted molar refractivity (Wildman–Crippen MR) is 86.6 cm³/mol. The minimum absolute atomic E-state index is 0.0327. The lowest BCUT2D eigenvalue weighted by Gasteiger charge is -2.44. The molecule has 1 N–H and O–H groups in total. The van der Waals surface area contributed by atoms with Gasteiger partial charge >= 0.3 is 0 Å². The summed E-state index contributed by atoms with van der Waals surface area (Å²) in [4.78, 5) is 29.5. The van der Waals surface area contributed by atoms with Crippen molar-refractivity contribution in [3.63, 3.8) is 0 Å². The third kappa shape index (κ3) is 2.98. The Kier molecular flexibility index (Phi) is 4.40. The van der Waals surface area contributed by atoms with Gasteiger partial charge in [-0.2, -0.15) is 0 Å². The summed E-state index contributed by atoms with van der Waals surface area (Å²) in [5.74, 6) is 0.00305. The molecule has 118 valence electrons. The Morgan fingerprint density at radius 3 is 2.91 bits per heavy atom. The van der Waals surface area contributed by atoms with Crippen molar-refractivity contribution in [2.24, 2.45) is 0 Å². The Morgan fingerprint density at radius 2 is 2.14 bits per heavy atom. The molecule has 0 saturated carbocycles. The molecule has 2 fully saturated rings. The Bertz CT molecular complexity index is 593. The van der Waals surface area contributed by atoms with Gasteiger partial charge in [0, 0.05) is 31.1 Å². The molecule has 5 nitrogen and oxygen atoms in total. The largest absolute Gasteiger partial charge is 0.343 e. The number of nitrogens with one attached hydrogen (secondary N) is 1. The van der Waals surface area contributed by atoms with E-state index in [2.05, 4.69) is 40.7 Å². The highest BCUT2D eigenvalue weighted by atomic mass is 32.2. The van der Waals surface area contributed by atoms with Crippen LogP contribution >= 0.6 is 11.8 Å². The van der Waals surface area contributed by atoms with Gasteiger partial charge < -0.3 is 10.2 Å². The van der Waals surface area contributed by atoms with Gasteiger partial charge in [-0.15, -0.1) is 11.8 Å². The minimum atomic E-state index is -0.395. The number of nitrogens with zero attached hydrogens (tertiary/aromatic N) is 2. The molecule has 2 aliphatic rings. The Morgan fingerprint density at radius 1 is 1.32 bits per heavy atom. The highest BCUT2D eigenvalue weighted by Gasteiger charge is 2.41. The molecule has 22 heavy (non-hydrogen) atoms. The van der Waals surface area contributed by atoms with Gasteiger partial charge in [0.05, 0.1) is 0 Å². The molecule has 0 radical (unpaired) electrons. The van der Waals surface area contributed by atoms with Crippen LogP contribution in [0.4, 0.5) is 0 Å². The van der Waals surface area contributed by atoms with Crippen LogP contribution in [0.2, 0.25) is 0 Å². The molecule has 2 saturated heterocycles. The fourth-order valence-electron chi connectivity index (χ4n) is 3.12. The van der Waals surface area contributed by atoms with Crippen LogP contribution in [0, 0.1) is 0 Å². The Balaban J connectivity index is 1.68. The van der Waals surface area contributed by atoms with E-state index in [1.54, 1.807) is 23.6 Å². The number of carbonyl (C=O) groups excluding carboxylic acids is 2. The molecule has 0 spiro atoms. The molecular formula is C16H21N3O2S. The van der Waals surface area contributed by atoms with Crippen LogP contribution in [-0.4, -0.2) is 59.6 Å². The van der Waals surface area contributed by atoms with Gasteiger partial charge in [-0.05, 0) is 30.9 Å². The second kappa shape index (κ2) is 6.30. The fourth-order valence-corrected chi connectivity index (χ4v) is 3.60. The maximum Gasteiger partial charge on any atom is 0.245 e. The first-order valence-corrected chi connectivity index (χ1v) is 8.77. The van der Waals surface area contributed by atoms with E-state index in [0.29, 0.717) is 13.1 Å². The van der Waals surface area contributed by atoms with Gasteiger partial charge in [-0.25, -0.2) is 0 Å². The highest BCUT2D eigenvalue weighted by molar-refractivity contribution is 7.98. The van der Waals surface area contributed by atoms with Crippen LogP contribution in [0.25, 0.3) is 0 Å². The van der Waals surface area contributed by atoms with Crippen molar-refractivity contribution in [3.8, 4) is 0 Å². The van der Waals surface area contributed by atoms with Crippen LogP contribution in [-0.2, 0) is 16.1 Å². The van der Waals surface area contributed by atoms with Crippen molar-refractivity contribution in [3.05, 3.63) is 29.8 Å². The lowest BCUT2D eigenvalue weighted by molar-refractivity contribution is -0.152. The normalized spacial score (nSPS) is 25.8. The number of hydrogen-bond donors (Lipinski definition) is 1. The maximum atomic E-state index is 12.1. The summed E-state index contributed by atoms with van der Waals surface area (Å²) in [6.07, 6.45) is 2.07. The molecule has 0 unspecified atom stereocenters. The lowest BCUT2D eigenvalue weighted by atomic mass is 10.0. The van der Waals surface area contributed by atoms with Crippen LogP contribution in [0.15, 0.2) is 29.2 Å². The first kappa shape index (κ1) is 15.4. The van der Waals surface area contributed by atoms with Gasteiger partial charge in [-0.3, -0.25) is 14.5 Å². The number of amides is 2. The molecule has 2 aliphatic heterocycles. The molecule has 1 aromatic carbocycles. The molecule has 0 bridgehead atoms. The van der Waals surface area contributed by atoms with Crippen LogP contribution in [0.5, 0.6) is 0 Å². The summed E-state index contributed by atoms with van der Waals surface area (Å²) in [7, 11) is 0. The smallest absolute Gasteiger partial charge is 0.245 e. The monoisotopic (exact) mass is 319 g/mol. The maximum absolute atomic E-state index is 12.1. The molecule has 1 aromatic rings. The standard InChI is InChI=1S/C16H21N3O2S/c1-11-16(21)19-7-6-18(10-14(19)15(20)17-11)9-12-4-3-5-13(8-12)22-2/h3-5,8,11,14H,6-7,9-10H2,1-2H3,(H,17,20)/t11-,14+/m0/s1. The summed E-state index contributed by atoms with van der Waals surface area (Å²) in [6.45, 7) is 4.61. The quantitative estimate of drug-likeness (QED) is 0.843. The molecule has 3 rings (SSSR count). The van der Waals surface area contributed by atoms with Gasteiger partial charge in [0.2, 0.25) is 11.8 Å². The van der Waals surface area contributed by atoms with Crippen LogP contribution < -0.4 is 5.32 Å². The van der Waals surface area contributed by atoms with Crippen molar-refractivity contribution < 1.29 is 9.59 Å². The SMILES string of the molecule is CSc1cccc(CN2CCN3C(=O)[C@H](C)NC(=O)[C@H]3C2)c1. The molecule has 2 heterocycles. The predicted octanol–water partition coefficient (Wildman–Crippen LogP) is 0.940. The average molecular weight is 319 g/mol. The average Bonchev–Trinajstić information content (AvgIpc) is 2.53. The summed E-state index contributed by atoms with van der Waals surface area (Å²) >= 11 is 1.73. The van der Waals surface area contributed by atoms with E-state index in [4.69, 9.17) is 0 Å². The number of benzene rings is 1. The van der Waals surface area contributed by atoms with Gasteiger partial charge in [0.15, 0.2) is 0 Å². The zero-order chi connectivity index (χ0) is 15.7. The Labute approximate surface area is 135 Å². The number of carbonyl (C=O) groups is 2. The van der Waals surface area contributed by atoms with E-state index in [1.165, 1.54) is 10.5 Å². The lowest BCUT2D eigenvalue weighted by Crippen LogP contribution is -2.68. The fraction of sp³-hybridized carbons (Fsp3) is 0.500. The zero-order valence-corrected chi connectivity index (χ0v) is 13.7. The summed E-state index contributed by atoms with van der Waals surface area (Å²) in [5.41, 5.74) is 1.25. The topological polar surface area (TPSA) is 52.6 Å². The number of thioether (sulfide) groups is 1. The van der Waals surface area contributed by atoms with E-state index in [0.717, 1.165) is 13.1 Å². The third-order valence-corrected chi connectivity index (χ3v) is 5.05. The first-order chi connectivity index (χ1) is 10.6. The molecule has 0 aromatic heterocycles. The van der Waals surface area contributed by atoms with E-state index in [-0.39, 0.29) is 17.9 Å². The van der Waals surface area contributed by atoms with E-state index >= 15 is 0 Å². The molecule has 2 amide bonds. The second-order valence-electron chi connectivity index (χ2n) is 5.86. The molecule has 2 atom stereocenters. The van der Waals surface area contributed by atoms with Gasteiger partial charge in [0.1, 0.15) is 12.1 Å². The Hall–Kier alpha value is -1.53. The zero-order valence-electron chi connectivity index (χ0n) is 12.9. The van der Waals surface area contributed by atoms with Crippen molar-refractivity contribution in [1.29, 1.82) is 0 Å². The minimum Gasteiger partial charge on any atom is -0.343 e. The number of fused-ring (bicyclic) bond motifs is 1. The summed E-state index contributed by atoms with van der Waals surface area (Å²) in [5, 5.41) is 2.77. The number of rotatable bonds is 3. The van der Waals surface area contributed by atoms with E-state index < -0.39 is 6.04 Å². The first-order valence-electron chi connectivity index (χ1n) is 7.54. The van der Waals surface area contributed by atoms with Crippen molar-refractivity contribution in [1.82, 2.24) is 15.1 Å². The molecule has 6 heteroatoms. The third-order valence-electron chi connectivity index (χ3n) is 4.32. The van der Waals surface area contributed by atoms with Crippen LogP contribution in [0.3, 0.4) is 0 Å². The van der Waals surface area contributed by atoms with Crippen LogP contribution in [0.1, 0.15) is 12.5 Å². The number of piperazine rings is 2. The highest BCUT2D eigenvalue weighted by Crippen LogP contribution is 2.20. The summed E-state index contributed by atoms with van der Waals surface area (Å²) < 4.78 is 0. The molecular weight excluding hydrogens is 298 g/mol. The second-order valence-corrected chi connectivity index (χ2v) is 6.74. The number of hydrogen-bond acceptors (Lipinski definition) is 4. The van der Waals surface area contributed by atoms with Gasteiger partial charge in [0.25, 0.3) is 0 Å².